The molecule has 6 nitrogen and oxygen atoms in total. The Morgan fingerprint density at radius 1 is 1.20 bits per heavy atom. The Bertz CT molecular complexity index is 1020. The van der Waals surface area contributed by atoms with Gasteiger partial charge in [0.2, 0.25) is 5.91 Å². The van der Waals surface area contributed by atoms with Crippen LogP contribution in [0.5, 0.6) is 11.5 Å². The summed E-state index contributed by atoms with van der Waals surface area (Å²) in [6.07, 6.45) is 5.28. The molecule has 0 bridgehead atoms. The summed E-state index contributed by atoms with van der Waals surface area (Å²) in [5.41, 5.74) is 3.07. The van der Waals surface area contributed by atoms with Crippen molar-refractivity contribution in [1.29, 1.82) is 0 Å². The van der Waals surface area contributed by atoms with E-state index in [0.29, 0.717) is 19.6 Å². The number of nitrogens with one attached hydrogen (secondary N) is 1. The summed E-state index contributed by atoms with van der Waals surface area (Å²) in [5.74, 6) is 2.33. The molecular formula is C24H29N3O3. The number of imidazole rings is 1. The van der Waals surface area contributed by atoms with Gasteiger partial charge >= 0.3 is 0 Å². The third-order valence-electron chi connectivity index (χ3n) is 4.83. The van der Waals surface area contributed by atoms with Crippen LogP contribution in [0.4, 0.5) is 0 Å². The molecule has 1 amide bonds. The highest BCUT2D eigenvalue weighted by Crippen LogP contribution is 2.28. The number of hydrogen-bond donors (Lipinski definition) is 1. The van der Waals surface area contributed by atoms with Crippen LogP contribution in [0.1, 0.15) is 38.1 Å². The van der Waals surface area contributed by atoms with Crippen LogP contribution in [0.3, 0.4) is 0 Å². The second kappa shape index (κ2) is 10.5. The number of aromatic nitrogens is 2. The Labute approximate surface area is 177 Å². The number of ether oxygens (including phenoxy) is 2. The maximum absolute atomic E-state index is 11.7. The second-order valence-corrected chi connectivity index (χ2v) is 6.91. The quantitative estimate of drug-likeness (QED) is 0.500. The number of amides is 1. The highest BCUT2D eigenvalue weighted by Gasteiger charge is 2.11. The molecule has 0 unspecified atom stereocenters. The molecule has 2 aromatic carbocycles. The minimum absolute atomic E-state index is 0.0189. The molecule has 0 fully saturated rings. The van der Waals surface area contributed by atoms with E-state index in [9.17, 15) is 4.79 Å². The second-order valence-electron chi connectivity index (χ2n) is 6.91. The summed E-state index contributed by atoms with van der Waals surface area (Å²) in [5, 5.41) is 2.92. The van der Waals surface area contributed by atoms with E-state index in [0.717, 1.165) is 46.9 Å². The van der Waals surface area contributed by atoms with Crippen LogP contribution in [0.25, 0.3) is 17.1 Å². The number of methoxy groups -OCH3 is 1. The average molecular weight is 408 g/mol. The van der Waals surface area contributed by atoms with E-state index in [1.54, 1.807) is 7.11 Å². The number of fused-ring (bicyclic) bond motifs is 1. The Morgan fingerprint density at radius 2 is 2.03 bits per heavy atom. The highest BCUT2D eigenvalue weighted by molar-refractivity contribution is 5.77. The molecule has 3 aromatic rings. The van der Waals surface area contributed by atoms with E-state index in [4.69, 9.17) is 14.5 Å². The Kier molecular flexibility index (Phi) is 7.49. The fourth-order valence-electron chi connectivity index (χ4n) is 3.32. The van der Waals surface area contributed by atoms with Gasteiger partial charge < -0.3 is 19.4 Å². The van der Waals surface area contributed by atoms with Gasteiger partial charge in [-0.05, 0) is 43.2 Å². The smallest absolute Gasteiger partial charge is 0.220 e. The van der Waals surface area contributed by atoms with Crippen LogP contribution in [0.2, 0.25) is 0 Å². The van der Waals surface area contributed by atoms with Gasteiger partial charge in [-0.15, -0.1) is 0 Å². The largest absolute Gasteiger partial charge is 0.493 e. The summed E-state index contributed by atoms with van der Waals surface area (Å²) in [4.78, 5) is 16.4. The molecule has 0 saturated carbocycles. The minimum atomic E-state index is 0.0189. The van der Waals surface area contributed by atoms with Gasteiger partial charge in [-0.3, -0.25) is 4.79 Å². The van der Waals surface area contributed by atoms with Gasteiger partial charge in [0.15, 0.2) is 11.5 Å². The fraction of sp³-hybridized carbons (Fsp3) is 0.333. The molecule has 0 aliphatic heterocycles. The number of benzene rings is 2. The molecule has 0 radical (unpaired) electrons. The maximum Gasteiger partial charge on any atom is 0.220 e. The number of para-hydroxylation sites is 2. The van der Waals surface area contributed by atoms with Crippen LogP contribution in [-0.2, 0) is 17.9 Å². The monoisotopic (exact) mass is 407 g/mol. The lowest BCUT2D eigenvalue weighted by atomic mass is 10.2. The summed E-state index contributed by atoms with van der Waals surface area (Å²) in [6, 6.07) is 13.9. The molecule has 0 spiro atoms. The first-order valence-electron chi connectivity index (χ1n) is 10.3. The first-order valence-corrected chi connectivity index (χ1v) is 10.3. The first-order chi connectivity index (χ1) is 14.7. The lowest BCUT2D eigenvalue weighted by molar-refractivity contribution is -0.120. The molecule has 0 aliphatic carbocycles. The van der Waals surface area contributed by atoms with E-state index in [2.05, 4.69) is 16.0 Å². The van der Waals surface area contributed by atoms with Crippen molar-refractivity contribution in [2.45, 2.75) is 39.8 Å². The van der Waals surface area contributed by atoms with Crippen molar-refractivity contribution >= 4 is 23.0 Å². The van der Waals surface area contributed by atoms with Gasteiger partial charge in [-0.2, -0.15) is 0 Å². The zero-order chi connectivity index (χ0) is 21.3. The van der Waals surface area contributed by atoms with E-state index in [1.807, 2.05) is 62.4 Å². The van der Waals surface area contributed by atoms with E-state index in [-0.39, 0.29) is 5.91 Å². The normalized spacial score (nSPS) is 11.2. The van der Waals surface area contributed by atoms with Crippen LogP contribution in [0, 0.1) is 0 Å². The minimum Gasteiger partial charge on any atom is -0.493 e. The highest BCUT2D eigenvalue weighted by atomic mass is 16.5. The van der Waals surface area contributed by atoms with Gasteiger partial charge in [-0.25, -0.2) is 4.98 Å². The Hall–Kier alpha value is -3.28. The molecule has 6 heteroatoms. The van der Waals surface area contributed by atoms with Crippen molar-refractivity contribution in [1.82, 2.24) is 14.9 Å². The molecule has 0 atom stereocenters. The number of rotatable bonds is 10. The third kappa shape index (κ3) is 5.20. The van der Waals surface area contributed by atoms with Gasteiger partial charge in [0.25, 0.3) is 0 Å². The van der Waals surface area contributed by atoms with Crippen LogP contribution < -0.4 is 14.8 Å². The number of aryl methyl sites for hydroxylation is 1. The standard InChI is InChI=1S/C24H29N3O3/c1-4-9-18-12-13-21(22(16-18)29-3)30-15-8-14-27-20-11-7-6-10-19(20)26-23(27)17-25-24(28)5-2/h4,6-7,9-13,16H,5,8,14-15,17H2,1-3H3,(H,25,28)/b9-4+. The van der Waals surface area contributed by atoms with Gasteiger partial charge in [0, 0.05) is 13.0 Å². The molecule has 0 saturated heterocycles. The number of hydrogen-bond acceptors (Lipinski definition) is 4. The molecule has 1 aromatic heterocycles. The molecule has 30 heavy (non-hydrogen) atoms. The number of carbonyl (C=O) groups excluding carboxylic acids is 1. The SMILES string of the molecule is C/C=C/c1ccc(OCCCn2c(CNC(=O)CC)nc3ccccc32)c(OC)c1. The predicted octanol–water partition coefficient (Wildman–Crippen LogP) is 4.57. The summed E-state index contributed by atoms with van der Waals surface area (Å²) < 4.78 is 13.6. The van der Waals surface area contributed by atoms with Crippen molar-refractivity contribution in [2.75, 3.05) is 13.7 Å². The number of carbonyl (C=O) groups is 1. The Morgan fingerprint density at radius 3 is 2.80 bits per heavy atom. The van der Waals surface area contributed by atoms with Crippen molar-refractivity contribution in [2.24, 2.45) is 0 Å². The van der Waals surface area contributed by atoms with Crippen molar-refractivity contribution in [3.05, 3.63) is 59.9 Å². The lowest BCUT2D eigenvalue weighted by Gasteiger charge is -2.13. The van der Waals surface area contributed by atoms with Crippen molar-refractivity contribution in [3.63, 3.8) is 0 Å². The predicted molar refractivity (Wildman–Crippen MR) is 120 cm³/mol. The van der Waals surface area contributed by atoms with Gasteiger partial charge in [0.1, 0.15) is 5.82 Å². The van der Waals surface area contributed by atoms with E-state index >= 15 is 0 Å². The average Bonchev–Trinajstić information content (AvgIpc) is 3.13. The summed E-state index contributed by atoms with van der Waals surface area (Å²) >= 11 is 0. The van der Waals surface area contributed by atoms with E-state index < -0.39 is 0 Å². The zero-order valence-corrected chi connectivity index (χ0v) is 17.9. The topological polar surface area (TPSA) is 65.4 Å². The fourth-order valence-corrected chi connectivity index (χ4v) is 3.32. The molecule has 3 rings (SSSR count). The molecule has 1 heterocycles. The van der Waals surface area contributed by atoms with Crippen LogP contribution in [-0.4, -0.2) is 29.2 Å². The van der Waals surface area contributed by atoms with Gasteiger partial charge in [-0.1, -0.05) is 37.3 Å². The number of nitrogens with zero attached hydrogens (tertiary/aromatic N) is 2. The van der Waals surface area contributed by atoms with Gasteiger partial charge in [0.05, 0.1) is 31.3 Å². The molecular weight excluding hydrogens is 378 g/mol. The molecule has 158 valence electrons. The summed E-state index contributed by atoms with van der Waals surface area (Å²) in [7, 11) is 1.65. The third-order valence-corrected chi connectivity index (χ3v) is 4.83. The van der Waals surface area contributed by atoms with Crippen LogP contribution in [0.15, 0.2) is 48.5 Å². The Balaban J connectivity index is 1.66. The summed E-state index contributed by atoms with van der Waals surface area (Å²) in [6.45, 7) is 5.54. The van der Waals surface area contributed by atoms with Crippen molar-refractivity contribution < 1.29 is 14.3 Å². The lowest BCUT2D eigenvalue weighted by Crippen LogP contribution is -2.23. The molecule has 0 aliphatic rings. The van der Waals surface area contributed by atoms with Crippen LogP contribution >= 0.6 is 0 Å². The molecule has 1 N–H and O–H groups in total. The zero-order valence-electron chi connectivity index (χ0n) is 17.9. The van der Waals surface area contributed by atoms with E-state index in [1.165, 1.54) is 0 Å². The first kappa shape index (κ1) is 21.4. The maximum atomic E-state index is 11.7. The van der Waals surface area contributed by atoms with Crippen molar-refractivity contribution in [3.8, 4) is 11.5 Å². The number of allylic oxidation sites excluding steroid dienone is 1.